The maximum atomic E-state index is 12.1. The van der Waals surface area contributed by atoms with Gasteiger partial charge in [-0.15, -0.1) is 0 Å². The minimum absolute atomic E-state index is 0.144. The summed E-state index contributed by atoms with van der Waals surface area (Å²) in [5.41, 5.74) is 3.23. The van der Waals surface area contributed by atoms with Gasteiger partial charge in [-0.25, -0.2) is 4.98 Å². The van der Waals surface area contributed by atoms with Crippen LogP contribution in [-0.2, 0) is 17.8 Å². The van der Waals surface area contributed by atoms with Crippen LogP contribution in [0.2, 0.25) is 0 Å². The number of aromatic nitrogens is 2. The van der Waals surface area contributed by atoms with Crippen molar-refractivity contribution in [3.05, 3.63) is 71.2 Å². The van der Waals surface area contributed by atoms with Crippen LogP contribution in [0.25, 0.3) is 0 Å². The number of carbonyl (C=O) groups is 1. The third kappa shape index (κ3) is 4.44. The number of pyridine rings is 1. The zero-order chi connectivity index (χ0) is 17.6. The Morgan fingerprint density at radius 1 is 1.16 bits per heavy atom. The third-order valence-electron chi connectivity index (χ3n) is 3.77. The Morgan fingerprint density at radius 2 is 1.96 bits per heavy atom. The molecule has 128 valence electrons. The maximum Gasteiger partial charge on any atom is 0.229 e. The molecule has 0 aliphatic carbocycles. The molecule has 6 nitrogen and oxygen atoms in total. The van der Waals surface area contributed by atoms with E-state index in [2.05, 4.69) is 15.5 Å². The highest BCUT2D eigenvalue weighted by Crippen LogP contribution is 2.16. The number of ether oxygens (including phenoxy) is 1. The van der Waals surface area contributed by atoms with E-state index < -0.39 is 0 Å². The van der Waals surface area contributed by atoms with Crippen molar-refractivity contribution in [1.29, 1.82) is 0 Å². The lowest BCUT2D eigenvalue weighted by Gasteiger charge is -2.07. The fourth-order valence-corrected chi connectivity index (χ4v) is 2.39. The summed E-state index contributed by atoms with van der Waals surface area (Å²) >= 11 is 0. The zero-order valence-electron chi connectivity index (χ0n) is 14.2. The Bertz CT molecular complexity index is 823. The lowest BCUT2D eigenvalue weighted by atomic mass is 10.1. The molecule has 0 bridgehead atoms. The molecule has 0 unspecified atom stereocenters. The standard InChI is InChI=1S/C19H19N3O3/c1-13-17(14(2)25-22-13)10-18(23)21-16-8-9-19(20-11-16)24-12-15-6-4-3-5-7-15/h3-9,11H,10,12H2,1-2H3,(H,21,23). The van der Waals surface area contributed by atoms with Gasteiger partial charge in [-0.3, -0.25) is 4.79 Å². The van der Waals surface area contributed by atoms with Gasteiger partial charge in [-0.05, 0) is 25.5 Å². The number of nitrogens with one attached hydrogen (secondary N) is 1. The van der Waals surface area contributed by atoms with Gasteiger partial charge in [-0.2, -0.15) is 0 Å². The summed E-state index contributed by atoms with van der Waals surface area (Å²) in [6.07, 6.45) is 1.79. The molecular weight excluding hydrogens is 318 g/mol. The molecule has 0 fully saturated rings. The Hall–Kier alpha value is -3.15. The molecule has 0 spiro atoms. The molecule has 3 aromatic rings. The van der Waals surface area contributed by atoms with Crippen LogP contribution in [0, 0.1) is 13.8 Å². The molecule has 25 heavy (non-hydrogen) atoms. The Balaban J connectivity index is 1.54. The molecule has 1 amide bonds. The van der Waals surface area contributed by atoms with E-state index in [-0.39, 0.29) is 12.3 Å². The average Bonchev–Trinajstić information content (AvgIpc) is 2.94. The molecular formula is C19H19N3O3. The molecule has 0 atom stereocenters. The summed E-state index contributed by atoms with van der Waals surface area (Å²) in [5.74, 6) is 1.03. The van der Waals surface area contributed by atoms with E-state index in [4.69, 9.17) is 9.26 Å². The molecule has 0 radical (unpaired) electrons. The summed E-state index contributed by atoms with van der Waals surface area (Å²) in [6.45, 7) is 4.06. The molecule has 1 aromatic carbocycles. The summed E-state index contributed by atoms with van der Waals surface area (Å²) in [6, 6.07) is 13.4. The lowest BCUT2D eigenvalue weighted by molar-refractivity contribution is -0.115. The number of hydrogen-bond acceptors (Lipinski definition) is 5. The smallest absolute Gasteiger partial charge is 0.229 e. The average molecular weight is 337 g/mol. The van der Waals surface area contributed by atoms with Gasteiger partial charge in [0.25, 0.3) is 0 Å². The molecule has 0 aliphatic heterocycles. The fourth-order valence-electron chi connectivity index (χ4n) is 2.39. The fraction of sp³-hybridized carbons (Fsp3) is 0.211. The van der Waals surface area contributed by atoms with Crippen LogP contribution in [-0.4, -0.2) is 16.0 Å². The predicted octanol–water partition coefficient (Wildman–Crippen LogP) is 3.45. The number of carbonyl (C=O) groups excluding carboxylic acids is 1. The van der Waals surface area contributed by atoms with Crippen LogP contribution >= 0.6 is 0 Å². The maximum absolute atomic E-state index is 12.1. The van der Waals surface area contributed by atoms with Crippen LogP contribution in [0.3, 0.4) is 0 Å². The lowest BCUT2D eigenvalue weighted by Crippen LogP contribution is -2.15. The number of hydrogen-bond donors (Lipinski definition) is 1. The first-order valence-electron chi connectivity index (χ1n) is 7.96. The van der Waals surface area contributed by atoms with Gasteiger partial charge in [0.15, 0.2) is 0 Å². The van der Waals surface area contributed by atoms with E-state index >= 15 is 0 Å². The van der Waals surface area contributed by atoms with Crippen LogP contribution in [0.1, 0.15) is 22.6 Å². The molecule has 0 saturated heterocycles. The van der Waals surface area contributed by atoms with Crippen LogP contribution in [0.4, 0.5) is 5.69 Å². The van der Waals surface area contributed by atoms with E-state index in [1.165, 1.54) is 0 Å². The van der Waals surface area contributed by atoms with E-state index in [9.17, 15) is 4.79 Å². The Morgan fingerprint density at radius 3 is 2.60 bits per heavy atom. The van der Waals surface area contributed by atoms with Crippen LogP contribution in [0.15, 0.2) is 53.2 Å². The normalized spacial score (nSPS) is 10.5. The number of rotatable bonds is 6. The van der Waals surface area contributed by atoms with Crippen molar-refractivity contribution in [1.82, 2.24) is 10.1 Å². The summed E-state index contributed by atoms with van der Waals surface area (Å²) in [4.78, 5) is 16.4. The number of aryl methyl sites for hydroxylation is 2. The van der Waals surface area contributed by atoms with Gasteiger partial charge < -0.3 is 14.6 Å². The first-order valence-corrected chi connectivity index (χ1v) is 7.96. The van der Waals surface area contributed by atoms with Gasteiger partial charge in [-0.1, -0.05) is 35.5 Å². The minimum atomic E-state index is -0.144. The van der Waals surface area contributed by atoms with Crippen molar-refractivity contribution in [2.75, 3.05) is 5.32 Å². The first-order chi connectivity index (χ1) is 12.1. The number of anilines is 1. The monoisotopic (exact) mass is 337 g/mol. The Labute approximate surface area is 145 Å². The van der Waals surface area contributed by atoms with Gasteiger partial charge in [0.1, 0.15) is 12.4 Å². The molecule has 0 aliphatic rings. The highest BCUT2D eigenvalue weighted by atomic mass is 16.5. The predicted molar refractivity (Wildman–Crippen MR) is 93.3 cm³/mol. The second kappa shape index (κ2) is 7.61. The van der Waals surface area contributed by atoms with Gasteiger partial charge in [0.05, 0.1) is 24.0 Å². The second-order valence-corrected chi connectivity index (χ2v) is 5.69. The molecule has 2 aromatic heterocycles. The van der Waals surface area contributed by atoms with Crippen molar-refractivity contribution in [3.63, 3.8) is 0 Å². The molecule has 3 rings (SSSR count). The van der Waals surface area contributed by atoms with E-state index in [1.807, 2.05) is 37.3 Å². The van der Waals surface area contributed by atoms with E-state index in [0.717, 1.165) is 16.8 Å². The zero-order valence-corrected chi connectivity index (χ0v) is 14.2. The quantitative estimate of drug-likeness (QED) is 0.745. The van der Waals surface area contributed by atoms with Crippen LogP contribution in [0.5, 0.6) is 5.88 Å². The van der Waals surface area contributed by atoms with E-state index in [0.29, 0.717) is 23.9 Å². The van der Waals surface area contributed by atoms with Gasteiger partial charge >= 0.3 is 0 Å². The van der Waals surface area contributed by atoms with Crippen LogP contribution < -0.4 is 10.1 Å². The number of amides is 1. The van der Waals surface area contributed by atoms with Crippen molar-refractivity contribution < 1.29 is 14.1 Å². The van der Waals surface area contributed by atoms with Crippen molar-refractivity contribution in [2.45, 2.75) is 26.9 Å². The summed E-state index contributed by atoms with van der Waals surface area (Å²) in [7, 11) is 0. The third-order valence-corrected chi connectivity index (χ3v) is 3.77. The second-order valence-electron chi connectivity index (χ2n) is 5.69. The van der Waals surface area contributed by atoms with Crippen molar-refractivity contribution >= 4 is 11.6 Å². The van der Waals surface area contributed by atoms with Gasteiger partial charge in [0.2, 0.25) is 11.8 Å². The summed E-state index contributed by atoms with van der Waals surface area (Å²) in [5, 5.41) is 6.66. The molecule has 6 heteroatoms. The van der Waals surface area contributed by atoms with Crippen molar-refractivity contribution in [3.8, 4) is 5.88 Å². The molecule has 0 saturated carbocycles. The Kier molecular flexibility index (Phi) is 5.09. The topological polar surface area (TPSA) is 77.2 Å². The number of benzene rings is 1. The number of nitrogens with zero attached hydrogens (tertiary/aromatic N) is 2. The SMILES string of the molecule is Cc1noc(C)c1CC(=O)Nc1ccc(OCc2ccccc2)nc1. The molecule has 2 heterocycles. The minimum Gasteiger partial charge on any atom is -0.473 e. The molecule has 1 N–H and O–H groups in total. The highest BCUT2D eigenvalue weighted by molar-refractivity contribution is 5.92. The van der Waals surface area contributed by atoms with Crippen molar-refractivity contribution in [2.24, 2.45) is 0 Å². The first kappa shape index (κ1) is 16.7. The summed E-state index contributed by atoms with van der Waals surface area (Å²) < 4.78 is 10.7. The largest absolute Gasteiger partial charge is 0.473 e. The van der Waals surface area contributed by atoms with Gasteiger partial charge in [0, 0.05) is 11.6 Å². The van der Waals surface area contributed by atoms with E-state index in [1.54, 1.807) is 25.3 Å². The highest BCUT2D eigenvalue weighted by Gasteiger charge is 2.13.